The second-order valence-corrected chi connectivity index (χ2v) is 6.06. The van der Waals surface area contributed by atoms with Crippen LogP contribution in [0.5, 0.6) is 0 Å². The Morgan fingerprint density at radius 1 is 1.20 bits per heavy atom. The van der Waals surface area contributed by atoms with Gasteiger partial charge in [-0.3, -0.25) is 4.79 Å². The lowest BCUT2D eigenvalue weighted by atomic mass is 10.0. The average molecular weight is 340 g/mol. The van der Waals surface area contributed by atoms with E-state index in [1.807, 2.05) is 37.3 Å². The van der Waals surface area contributed by atoms with Crippen molar-refractivity contribution in [3.05, 3.63) is 71.5 Å². The molecule has 0 bridgehead atoms. The van der Waals surface area contributed by atoms with Gasteiger partial charge in [0.25, 0.3) is 0 Å². The van der Waals surface area contributed by atoms with Crippen LogP contribution in [-0.2, 0) is 16.2 Å². The molecule has 1 aliphatic rings. The maximum atomic E-state index is 13.9. The topological polar surface area (TPSA) is 41.9 Å². The fourth-order valence-corrected chi connectivity index (χ4v) is 2.91. The van der Waals surface area contributed by atoms with E-state index in [0.717, 1.165) is 5.56 Å². The van der Waals surface area contributed by atoms with Crippen molar-refractivity contribution in [3.63, 3.8) is 0 Å². The van der Waals surface area contributed by atoms with Crippen LogP contribution in [0.4, 0.5) is 4.39 Å². The first kappa shape index (κ1) is 17.1. The lowest BCUT2D eigenvalue weighted by Gasteiger charge is -2.24. The molecule has 0 N–H and O–H groups in total. The number of benzene rings is 2. The minimum atomic E-state index is -0.309. The van der Waals surface area contributed by atoms with Gasteiger partial charge in [0.2, 0.25) is 5.91 Å². The predicted molar refractivity (Wildman–Crippen MR) is 94.6 cm³/mol. The summed E-state index contributed by atoms with van der Waals surface area (Å²) in [6, 6.07) is 16.4. The van der Waals surface area contributed by atoms with Crippen molar-refractivity contribution in [2.45, 2.75) is 32.4 Å². The Bertz CT molecular complexity index is 761. The molecule has 0 spiro atoms. The van der Waals surface area contributed by atoms with Gasteiger partial charge in [-0.25, -0.2) is 4.39 Å². The highest BCUT2D eigenvalue weighted by Crippen LogP contribution is 2.20. The van der Waals surface area contributed by atoms with E-state index in [2.05, 4.69) is 5.16 Å². The first-order valence-corrected chi connectivity index (χ1v) is 8.46. The van der Waals surface area contributed by atoms with Gasteiger partial charge in [-0.1, -0.05) is 60.6 Å². The van der Waals surface area contributed by atoms with Crippen LogP contribution in [0.1, 0.15) is 30.9 Å². The SMILES string of the molecule is CCC(=O)N(Cc1ccccc1)C[C@H]1CC(c2ccccc2F)=NO1. The Labute approximate surface area is 146 Å². The highest BCUT2D eigenvalue weighted by atomic mass is 19.1. The summed E-state index contributed by atoms with van der Waals surface area (Å²) < 4.78 is 13.9. The second-order valence-electron chi connectivity index (χ2n) is 6.06. The van der Waals surface area contributed by atoms with Crippen LogP contribution in [0.2, 0.25) is 0 Å². The molecular weight excluding hydrogens is 319 g/mol. The molecule has 2 aromatic rings. The van der Waals surface area contributed by atoms with Gasteiger partial charge < -0.3 is 9.74 Å². The molecule has 5 heteroatoms. The van der Waals surface area contributed by atoms with E-state index in [9.17, 15) is 9.18 Å². The van der Waals surface area contributed by atoms with Crippen molar-refractivity contribution < 1.29 is 14.0 Å². The molecule has 1 heterocycles. The molecule has 4 nitrogen and oxygen atoms in total. The van der Waals surface area contributed by atoms with Crippen LogP contribution in [0, 0.1) is 5.82 Å². The van der Waals surface area contributed by atoms with Gasteiger partial charge in [0.15, 0.2) is 6.10 Å². The molecule has 0 unspecified atom stereocenters. The number of rotatable bonds is 6. The molecule has 2 aromatic carbocycles. The lowest BCUT2D eigenvalue weighted by molar-refractivity contribution is -0.133. The summed E-state index contributed by atoms with van der Waals surface area (Å²) in [4.78, 5) is 19.5. The molecule has 0 fully saturated rings. The largest absolute Gasteiger partial charge is 0.390 e. The number of amides is 1. The molecule has 1 aliphatic heterocycles. The van der Waals surface area contributed by atoms with E-state index in [4.69, 9.17) is 4.84 Å². The van der Waals surface area contributed by atoms with Crippen LogP contribution in [0.3, 0.4) is 0 Å². The van der Waals surface area contributed by atoms with Crippen LogP contribution in [0.25, 0.3) is 0 Å². The highest BCUT2D eigenvalue weighted by Gasteiger charge is 2.27. The number of oxime groups is 1. The van der Waals surface area contributed by atoms with E-state index < -0.39 is 0 Å². The van der Waals surface area contributed by atoms with Crippen LogP contribution in [0.15, 0.2) is 59.8 Å². The predicted octanol–water partition coefficient (Wildman–Crippen LogP) is 3.76. The number of nitrogens with zero attached hydrogens (tertiary/aromatic N) is 2. The molecule has 130 valence electrons. The third-order valence-electron chi connectivity index (χ3n) is 4.21. The number of halogens is 1. The quantitative estimate of drug-likeness (QED) is 0.803. The summed E-state index contributed by atoms with van der Waals surface area (Å²) in [6.45, 7) is 2.81. The van der Waals surface area contributed by atoms with Crippen molar-refractivity contribution in [3.8, 4) is 0 Å². The van der Waals surface area contributed by atoms with Gasteiger partial charge in [0.05, 0.1) is 12.3 Å². The van der Waals surface area contributed by atoms with Crippen LogP contribution in [-0.4, -0.2) is 29.2 Å². The zero-order valence-corrected chi connectivity index (χ0v) is 14.2. The first-order chi connectivity index (χ1) is 12.2. The van der Waals surface area contributed by atoms with Gasteiger partial charge in [-0.15, -0.1) is 0 Å². The zero-order valence-electron chi connectivity index (χ0n) is 14.2. The molecular formula is C20H21FN2O2. The summed E-state index contributed by atoms with van der Waals surface area (Å²) in [7, 11) is 0. The number of hydrogen-bond acceptors (Lipinski definition) is 3. The van der Waals surface area contributed by atoms with E-state index in [1.165, 1.54) is 6.07 Å². The Kier molecular flexibility index (Phi) is 5.43. The maximum absolute atomic E-state index is 13.9. The van der Waals surface area contributed by atoms with Crippen molar-refractivity contribution in [1.29, 1.82) is 0 Å². The molecule has 25 heavy (non-hydrogen) atoms. The fourth-order valence-electron chi connectivity index (χ4n) is 2.91. The lowest BCUT2D eigenvalue weighted by Crippen LogP contribution is -2.36. The van der Waals surface area contributed by atoms with Crippen LogP contribution < -0.4 is 0 Å². The highest BCUT2D eigenvalue weighted by molar-refractivity contribution is 6.01. The standard InChI is InChI=1S/C20H21FN2O2/c1-2-20(24)23(13-15-8-4-3-5-9-15)14-16-12-19(22-25-16)17-10-6-7-11-18(17)21/h3-11,16H,2,12-14H2,1H3/t16-/m1/s1. The van der Waals surface area contributed by atoms with E-state index >= 15 is 0 Å². The summed E-state index contributed by atoms with van der Waals surface area (Å²) in [5.74, 6) is -0.247. The van der Waals surface area contributed by atoms with Crippen molar-refractivity contribution in [2.24, 2.45) is 5.16 Å². The first-order valence-electron chi connectivity index (χ1n) is 8.46. The van der Waals surface area contributed by atoms with E-state index in [1.54, 1.807) is 23.1 Å². The minimum absolute atomic E-state index is 0.0618. The molecule has 0 radical (unpaired) electrons. The van der Waals surface area contributed by atoms with Crippen molar-refractivity contribution >= 4 is 11.6 Å². The molecule has 0 saturated heterocycles. The third-order valence-corrected chi connectivity index (χ3v) is 4.21. The monoisotopic (exact) mass is 340 g/mol. The average Bonchev–Trinajstić information content (AvgIpc) is 3.10. The molecule has 0 saturated carbocycles. The van der Waals surface area contributed by atoms with Gasteiger partial charge in [0, 0.05) is 24.9 Å². The molecule has 0 aliphatic carbocycles. The van der Waals surface area contributed by atoms with E-state index in [-0.39, 0.29) is 17.8 Å². The summed E-state index contributed by atoms with van der Waals surface area (Å²) >= 11 is 0. The molecule has 0 aromatic heterocycles. The molecule has 3 rings (SSSR count). The minimum Gasteiger partial charge on any atom is -0.390 e. The Morgan fingerprint density at radius 3 is 2.64 bits per heavy atom. The number of carbonyl (C=O) groups excluding carboxylic acids is 1. The van der Waals surface area contributed by atoms with Gasteiger partial charge in [-0.05, 0) is 11.6 Å². The Hall–Kier alpha value is -2.69. The van der Waals surface area contributed by atoms with Crippen molar-refractivity contribution in [1.82, 2.24) is 4.90 Å². The molecule has 1 amide bonds. The second kappa shape index (κ2) is 7.92. The summed E-state index contributed by atoms with van der Waals surface area (Å²) in [5.41, 5.74) is 2.12. The normalized spacial score (nSPS) is 16.2. The maximum Gasteiger partial charge on any atom is 0.222 e. The third kappa shape index (κ3) is 4.24. The van der Waals surface area contributed by atoms with Crippen LogP contribution >= 0.6 is 0 Å². The van der Waals surface area contributed by atoms with Crippen molar-refractivity contribution in [2.75, 3.05) is 6.54 Å². The Morgan fingerprint density at radius 2 is 1.92 bits per heavy atom. The van der Waals surface area contributed by atoms with Gasteiger partial charge in [-0.2, -0.15) is 0 Å². The Balaban J connectivity index is 1.66. The number of hydrogen-bond donors (Lipinski definition) is 0. The van der Waals surface area contributed by atoms with Gasteiger partial charge in [0.1, 0.15) is 5.82 Å². The van der Waals surface area contributed by atoms with E-state index in [0.29, 0.717) is 37.2 Å². The summed E-state index contributed by atoms with van der Waals surface area (Å²) in [5, 5.41) is 4.03. The zero-order chi connectivity index (χ0) is 17.6. The van der Waals surface area contributed by atoms with Gasteiger partial charge >= 0.3 is 0 Å². The fraction of sp³-hybridized carbons (Fsp3) is 0.300. The smallest absolute Gasteiger partial charge is 0.222 e. The summed E-state index contributed by atoms with van der Waals surface area (Å²) in [6.07, 6.45) is 0.665. The molecule has 1 atom stereocenters. The number of carbonyl (C=O) groups is 1.